The van der Waals surface area contributed by atoms with Gasteiger partial charge in [-0.05, 0) is 25.5 Å². The highest BCUT2D eigenvalue weighted by Gasteiger charge is 2.28. The lowest BCUT2D eigenvalue weighted by molar-refractivity contribution is -0.153. The number of urea groups is 1. The van der Waals surface area contributed by atoms with Crippen molar-refractivity contribution in [2.45, 2.75) is 25.9 Å². The van der Waals surface area contributed by atoms with Crippen molar-refractivity contribution < 1.29 is 33.4 Å². The van der Waals surface area contributed by atoms with Gasteiger partial charge in [-0.25, -0.2) is 4.79 Å². The predicted molar refractivity (Wildman–Crippen MR) is 98.1 cm³/mol. The van der Waals surface area contributed by atoms with Crippen LogP contribution in [-0.4, -0.2) is 62.1 Å². The standard InChI is InChI=1S/C18H23N3O7/c1-11(17(24)20-12-6-7-13(26-2)14(9-12)27-3)28-16(23)5-4-8-21-15(22)10-19-18(21)25/h6-7,9,11H,4-5,8,10H2,1-3H3,(H,19,25)(H,20,24)/t11-/m0/s1. The molecule has 1 heterocycles. The summed E-state index contributed by atoms with van der Waals surface area (Å²) in [6.45, 7) is 1.54. The summed E-state index contributed by atoms with van der Waals surface area (Å²) in [6.07, 6.45) is -0.787. The molecule has 1 atom stereocenters. The highest BCUT2D eigenvalue weighted by molar-refractivity contribution is 6.02. The van der Waals surface area contributed by atoms with Crippen LogP contribution in [0.15, 0.2) is 18.2 Å². The van der Waals surface area contributed by atoms with Crippen molar-refractivity contribution in [3.05, 3.63) is 18.2 Å². The Balaban J connectivity index is 1.79. The van der Waals surface area contributed by atoms with Crippen molar-refractivity contribution in [2.24, 2.45) is 0 Å². The summed E-state index contributed by atoms with van der Waals surface area (Å²) < 4.78 is 15.4. The van der Waals surface area contributed by atoms with E-state index in [4.69, 9.17) is 14.2 Å². The summed E-state index contributed by atoms with van der Waals surface area (Å²) in [4.78, 5) is 48.0. The second kappa shape index (κ2) is 9.58. The third kappa shape index (κ3) is 5.35. The molecule has 10 nitrogen and oxygen atoms in total. The molecule has 1 saturated heterocycles. The minimum absolute atomic E-state index is 0.0228. The maximum Gasteiger partial charge on any atom is 0.324 e. The van der Waals surface area contributed by atoms with Gasteiger partial charge in [0.25, 0.3) is 5.91 Å². The number of methoxy groups -OCH3 is 2. The molecule has 0 bridgehead atoms. The molecule has 0 unspecified atom stereocenters. The fourth-order valence-electron chi connectivity index (χ4n) is 2.53. The molecule has 2 rings (SSSR count). The Hall–Kier alpha value is -3.30. The fourth-order valence-corrected chi connectivity index (χ4v) is 2.53. The Bertz CT molecular complexity index is 750. The number of benzene rings is 1. The van der Waals surface area contributed by atoms with Crippen LogP contribution in [0.25, 0.3) is 0 Å². The normalized spacial score (nSPS) is 14.3. The number of hydrogen-bond acceptors (Lipinski definition) is 7. The summed E-state index contributed by atoms with van der Waals surface area (Å²) in [5.41, 5.74) is 0.462. The van der Waals surface area contributed by atoms with Gasteiger partial charge in [-0.1, -0.05) is 0 Å². The van der Waals surface area contributed by atoms with Crippen molar-refractivity contribution >= 4 is 29.5 Å². The van der Waals surface area contributed by atoms with E-state index in [1.54, 1.807) is 18.2 Å². The maximum absolute atomic E-state index is 12.2. The molecule has 1 aliphatic rings. The van der Waals surface area contributed by atoms with Crippen molar-refractivity contribution in [3.63, 3.8) is 0 Å². The molecule has 152 valence electrons. The quantitative estimate of drug-likeness (QED) is 0.472. The van der Waals surface area contributed by atoms with E-state index in [0.717, 1.165) is 4.90 Å². The summed E-state index contributed by atoms with van der Waals surface area (Å²) >= 11 is 0. The second-order valence-corrected chi connectivity index (χ2v) is 6.00. The molecular weight excluding hydrogens is 370 g/mol. The number of hydrogen-bond donors (Lipinski definition) is 2. The van der Waals surface area contributed by atoms with Gasteiger partial charge >= 0.3 is 12.0 Å². The van der Waals surface area contributed by atoms with E-state index in [-0.39, 0.29) is 31.8 Å². The van der Waals surface area contributed by atoms with Gasteiger partial charge in [-0.2, -0.15) is 0 Å². The lowest BCUT2D eigenvalue weighted by atomic mass is 10.2. The molecule has 0 aliphatic carbocycles. The minimum atomic E-state index is -1.02. The molecule has 0 aromatic heterocycles. The highest BCUT2D eigenvalue weighted by atomic mass is 16.5. The highest BCUT2D eigenvalue weighted by Crippen LogP contribution is 2.29. The Morgan fingerprint density at radius 1 is 1.21 bits per heavy atom. The van der Waals surface area contributed by atoms with Crippen LogP contribution in [0.4, 0.5) is 10.5 Å². The van der Waals surface area contributed by atoms with Gasteiger partial charge in [0.1, 0.15) is 0 Å². The summed E-state index contributed by atoms with van der Waals surface area (Å²) in [7, 11) is 2.98. The van der Waals surface area contributed by atoms with Crippen molar-refractivity contribution in [1.29, 1.82) is 0 Å². The van der Waals surface area contributed by atoms with Crippen LogP contribution in [0.1, 0.15) is 19.8 Å². The molecule has 0 saturated carbocycles. The SMILES string of the molecule is COc1ccc(NC(=O)[C@H](C)OC(=O)CCCN2C(=O)CNC2=O)cc1OC. The first kappa shape index (κ1) is 21.0. The van der Waals surface area contributed by atoms with Crippen molar-refractivity contribution in [2.75, 3.05) is 32.6 Å². The smallest absolute Gasteiger partial charge is 0.324 e. The van der Waals surface area contributed by atoms with Crippen LogP contribution in [0.3, 0.4) is 0 Å². The van der Waals surface area contributed by atoms with Gasteiger partial charge in [0.05, 0.1) is 20.8 Å². The fraction of sp³-hybridized carbons (Fsp3) is 0.444. The number of nitrogens with one attached hydrogen (secondary N) is 2. The third-order valence-electron chi connectivity index (χ3n) is 4.03. The topological polar surface area (TPSA) is 123 Å². The van der Waals surface area contributed by atoms with E-state index in [9.17, 15) is 19.2 Å². The van der Waals surface area contributed by atoms with Crippen LogP contribution >= 0.6 is 0 Å². The molecule has 28 heavy (non-hydrogen) atoms. The van der Waals surface area contributed by atoms with E-state index in [0.29, 0.717) is 17.2 Å². The van der Waals surface area contributed by atoms with Gasteiger partial charge in [-0.3, -0.25) is 19.3 Å². The zero-order valence-electron chi connectivity index (χ0n) is 15.9. The van der Waals surface area contributed by atoms with E-state index in [1.807, 2.05) is 0 Å². The largest absolute Gasteiger partial charge is 0.493 e. The number of carbonyl (C=O) groups excluding carboxylic acids is 4. The van der Waals surface area contributed by atoms with E-state index < -0.39 is 24.0 Å². The molecule has 0 spiro atoms. The van der Waals surface area contributed by atoms with Gasteiger partial charge in [0.2, 0.25) is 5.91 Å². The number of nitrogens with zero attached hydrogens (tertiary/aromatic N) is 1. The Labute approximate surface area is 162 Å². The number of ether oxygens (including phenoxy) is 3. The molecule has 0 radical (unpaired) electrons. The number of amides is 4. The molecule has 1 aromatic carbocycles. The average molecular weight is 393 g/mol. The number of esters is 1. The number of imide groups is 1. The molecule has 1 aromatic rings. The Kier molecular flexibility index (Phi) is 7.19. The Morgan fingerprint density at radius 3 is 2.54 bits per heavy atom. The van der Waals surface area contributed by atoms with Crippen LogP contribution in [0.5, 0.6) is 11.5 Å². The molecule has 2 N–H and O–H groups in total. The van der Waals surface area contributed by atoms with Gasteiger partial charge in [0.15, 0.2) is 17.6 Å². The van der Waals surface area contributed by atoms with Gasteiger partial charge in [0, 0.05) is 24.7 Å². The van der Waals surface area contributed by atoms with Crippen molar-refractivity contribution in [3.8, 4) is 11.5 Å². The van der Waals surface area contributed by atoms with E-state index in [1.165, 1.54) is 21.1 Å². The van der Waals surface area contributed by atoms with Crippen LogP contribution < -0.4 is 20.1 Å². The van der Waals surface area contributed by atoms with Crippen LogP contribution in [-0.2, 0) is 19.1 Å². The monoisotopic (exact) mass is 393 g/mol. The van der Waals surface area contributed by atoms with Crippen LogP contribution in [0, 0.1) is 0 Å². The molecule has 10 heteroatoms. The molecule has 1 fully saturated rings. The molecule has 4 amide bonds. The molecular formula is C18H23N3O7. The van der Waals surface area contributed by atoms with E-state index in [2.05, 4.69) is 10.6 Å². The zero-order valence-corrected chi connectivity index (χ0v) is 15.9. The van der Waals surface area contributed by atoms with E-state index >= 15 is 0 Å². The van der Waals surface area contributed by atoms with Gasteiger partial charge in [-0.15, -0.1) is 0 Å². The maximum atomic E-state index is 12.2. The summed E-state index contributed by atoms with van der Waals surface area (Å²) in [6, 6.07) is 4.39. The predicted octanol–water partition coefficient (Wildman–Crippen LogP) is 0.906. The van der Waals surface area contributed by atoms with Crippen molar-refractivity contribution in [1.82, 2.24) is 10.2 Å². The number of rotatable bonds is 9. The first-order chi connectivity index (χ1) is 13.3. The third-order valence-corrected chi connectivity index (χ3v) is 4.03. The lowest BCUT2D eigenvalue weighted by Crippen LogP contribution is -2.33. The minimum Gasteiger partial charge on any atom is -0.493 e. The number of anilines is 1. The first-order valence-electron chi connectivity index (χ1n) is 8.66. The number of carbonyl (C=O) groups is 4. The zero-order chi connectivity index (χ0) is 20.7. The Morgan fingerprint density at radius 2 is 1.93 bits per heavy atom. The lowest BCUT2D eigenvalue weighted by Gasteiger charge is -2.15. The average Bonchev–Trinajstić information content (AvgIpc) is 2.99. The van der Waals surface area contributed by atoms with Gasteiger partial charge < -0.3 is 24.8 Å². The summed E-state index contributed by atoms with van der Waals surface area (Å²) in [5, 5.41) is 5.02. The first-order valence-corrected chi connectivity index (χ1v) is 8.66. The summed E-state index contributed by atoms with van der Waals surface area (Å²) in [5.74, 6) is -0.465. The molecule has 1 aliphatic heterocycles. The van der Waals surface area contributed by atoms with Crippen LogP contribution in [0.2, 0.25) is 0 Å². The second-order valence-electron chi connectivity index (χ2n) is 6.00.